The molecule has 5 heteroatoms. The summed E-state index contributed by atoms with van der Waals surface area (Å²) in [5.41, 5.74) is 0. The molecule has 0 saturated carbocycles. The number of hydrogen-bond donors (Lipinski definition) is 0. The van der Waals surface area contributed by atoms with Crippen LogP contribution in [0.15, 0.2) is 0 Å². The van der Waals surface area contributed by atoms with Gasteiger partial charge in [0.1, 0.15) is 0 Å². The fraction of sp³-hybridized carbons (Fsp3) is 0.889. The van der Waals surface area contributed by atoms with Gasteiger partial charge in [0.25, 0.3) is 0 Å². The highest BCUT2D eigenvalue weighted by Gasteiger charge is 2.27. The van der Waals surface area contributed by atoms with Crippen LogP contribution in [-0.2, 0) is 10.0 Å². The molecule has 0 aliphatic carbocycles. The van der Waals surface area contributed by atoms with E-state index in [0.29, 0.717) is 6.54 Å². The average Bonchev–Trinajstić information content (AvgIpc) is 2.29. The fourth-order valence-electron chi connectivity index (χ4n) is 1.83. The van der Waals surface area contributed by atoms with Gasteiger partial charge in [-0.05, 0) is 19.8 Å². The molecule has 0 bridgehead atoms. The number of hydrogen-bond acceptors (Lipinski definition) is 3. The minimum Gasteiger partial charge on any atom is -0.211 e. The van der Waals surface area contributed by atoms with Gasteiger partial charge in [-0.3, -0.25) is 0 Å². The Morgan fingerprint density at radius 1 is 1.43 bits per heavy atom. The predicted molar refractivity (Wildman–Crippen MR) is 54.0 cm³/mol. The Balaban J connectivity index is 2.78. The standard InChI is InChI=1S/C9H16N2O2S/c1-9-5-3-2-4-7-11(9)14(12,13)8-6-10/h9H,2-5,7-8H2,1H3. The lowest BCUT2D eigenvalue weighted by molar-refractivity contribution is 0.343. The van der Waals surface area contributed by atoms with Crippen LogP contribution in [0.2, 0.25) is 0 Å². The van der Waals surface area contributed by atoms with Crippen molar-refractivity contribution in [3.8, 4) is 6.07 Å². The Bertz CT molecular complexity index is 318. The summed E-state index contributed by atoms with van der Waals surface area (Å²) in [6.45, 7) is 2.49. The molecule has 14 heavy (non-hydrogen) atoms. The highest BCUT2D eigenvalue weighted by Crippen LogP contribution is 2.19. The molecule has 0 aromatic rings. The zero-order chi connectivity index (χ0) is 10.6. The van der Waals surface area contributed by atoms with Crippen LogP contribution in [0.1, 0.15) is 32.6 Å². The molecule has 0 aromatic heterocycles. The Kier molecular flexibility index (Phi) is 3.90. The van der Waals surface area contributed by atoms with Crippen LogP contribution in [0.5, 0.6) is 0 Å². The van der Waals surface area contributed by atoms with Crippen molar-refractivity contribution >= 4 is 10.0 Å². The molecule has 4 nitrogen and oxygen atoms in total. The van der Waals surface area contributed by atoms with Crippen molar-refractivity contribution in [1.29, 1.82) is 5.26 Å². The van der Waals surface area contributed by atoms with Crippen molar-refractivity contribution in [2.75, 3.05) is 12.3 Å². The first-order valence-corrected chi connectivity index (χ1v) is 6.55. The van der Waals surface area contributed by atoms with E-state index >= 15 is 0 Å². The second-order valence-electron chi connectivity index (χ2n) is 3.72. The maximum atomic E-state index is 11.7. The van der Waals surface area contributed by atoms with Crippen LogP contribution in [0.3, 0.4) is 0 Å². The monoisotopic (exact) mass is 216 g/mol. The third-order valence-corrected chi connectivity index (χ3v) is 4.35. The highest BCUT2D eigenvalue weighted by molar-refractivity contribution is 7.89. The maximum Gasteiger partial charge on any atom is 0.227 e. The van der Waals surface area contributed by atoms with Crippen molar-refractivity contribution in [3.05, 3.63) is 0 Å². The lowest BCUT2D eigenvalue weighted by Crippen LogP contribution is -2.39. The predicted octanol–water partition coefficient (Wildman–Crippen LogP) is 1.10. The van der Waals surface area contributed by atoms with Gasteiger partial charge in [0, 0.05) is 12.6 Å². The lowest BCUT2D eigenvalue weighted by Gasteiger charge is -2.24. The molecule has 0 radical (unpaired) electrons. The maximum absolute atomic E-state index is 11.7. The van der Waals surface area contributed by atoms with E-state index in [0.717, 1.165) is 25.7 Å². The van der Waals surface area contributed by atoms with E-state index in [1.807, 2.05) is 6.92 Å². The Morgan fingerprint density at radius 3 is 2.79 bits per heavy atom. The van der Waals surface area contributed by atoms with Gasteiger partial charge in [0.15, 0.2) is 5.75 Å². The highest BCUT2D eigenvalue weighted by atomic mass is 32.2. The summed E-state index contributed by atoms with van der Waals surface area (Å²) < 4.78 is 24.8. The van der Waals surface area contributed by atoms with Crippen LogP contribution in [0.25, 0.3) is 0 Å². The summed E-state index contributed by atoms with van der Waals surface area (Å²) in [5, 5.41) is 8.43. The van der Waals surface area contributed by atoms with E-state index in [-0.39, 0.29) is 6.04 Å². The zero-order valence-corrected chi connectivity index (χ0v) is 9.26. The zero-order valence-electron chi connectivity index (χ0n) is 8.44. The first-order valence-electron chi connectivity index (χ1n) is 4.94. The minimum atomic E-state index is -3.33. The van der Waals surface area contributed by atoms with E-state index in [1.54, 1.807) is 6.07 Å². The fourth-order valence-corrected chi connectivity index (χ4v) is 3.22. The van der Waals surface area contributed by atoms with E-state index in [2.05, 4.69) is 0 Å². The van der Waals surface area contributed by atoms with E-state index in [1.165, 1.54) is 4.31 Å². The Labute approximate surface area is 85.6 Å². The van der Waals surface area contributed by atoms with Crippen molar-refractivity contribution in [3.63, 3.8) is 0 Å². The normalized spacial score (nSPS) is 25.3. The molecule has 1 unspecified atom stereocenters. The van der Waals surface area contributed by atoms with Gasteiger partial charge < -0.3 is 0 Å². The second kappa shape index (κ2) is 4.76. The number of nitriles is 1. The molecule has 1 heterocycles. The quantitative estimate of drug-likeness (QED) is 0.694. The van der Waals surface area contributed by atoms with Crippen LogP contribution in [0.4, 0.5) is 0 Å². The summed E-state index contributed by atoms with van der Waals surface area (Å²) in [6, 6.07) is 1.77. The molecular formula is C9H16N2O2S. The molecular weight excluding hydrogens is 200 g/mol. The van der Waals surface area contributed by atoms with Crippen molar-refractivity contribution in [1.82, 2.24) is 4.31 Å². The van der Waals surface area contributed by atoms with Gasteiger partial charge in [-0.25, -0.2) is 8.42 Å². The topological polar surface area (TPSA) is 61.2 Å². The molecule has 1 aliphatic heterocycles. The smallest absolute Gasteiger partial charge is 0.211 e. The molecule has 1 aliphatic rings. The number of sulfonamides is 1. The first-order chi connectivity index (χ1) is 6.58. The number of nitrogens with zero attached hydrogens (tertiary/aromatic N) is 2. The van der Waals surface area contributed by atoms with Gasteiger partial charge in [-0.2, -0.15) is 9.57 Å². The van der Waals surface area contributed by atoms with Crippen molar-refractivity contribution in [2.45, 2.75) is 38.6 Å². The molecule has 1 rings (SSSR count). The molecule has 0 aromatic carbocycles. The summed E-state index contributed by atoms with van der Waals surface area (Å²) in [4.78, 5) is 0. The van der Waals surface area contributed by atoms with Crippen molar-refractivity contribution < 1.29 is 8.42 Å². The van der Waals surface area contributed by atoms with Gasteiger partial charge in [-0.15, -0.1) is 0 Å². The molecule has 1 saturated heterocycles. The van der Waals surface area contributed by atoms with Crippen LogP contribution in [0, 0.1) is 11.3 Å². The van der Waals surface area contributed by atoms with Gasteiger partial charge in [-0.1, -0.05) is 12.8 Å². The third-order valence-electron chi connectivity index (χ3n) is 2.60. The summed E-state index contributed by atoms with van der Waals surface area (Å²) in [6.07, 6.45) is 3.99. The second-order valence-corrected chi connectivity index (χ2v) is 5.64. The molecule has 1 fully saturated rings. The Hall–Kier alpha value is -0.600. The largest absolute Gasteiger partial charge is 0.227 e. The van der Waals surface area contributed by atoms with Crippen LogP contribution >= 0.6 is 0 Å². The van der Waals surface area contributed by atoms with Gasteiger partial charge in [0.2, 0.25) is 10.0 Å². The molecule has 80 valence electrons. The van der Waals surface area contributed by atoms with Crippen molar-refractivity contribution in [2.24, 2.45) is 0 Å². The van der Waals surface area contributed by atoms with E-state index in [4.69, 9.17) is 5.26 Å². The lowest BCUT2D eigenvalue weighted by atomic mass is 10.1. The third kappa shape index (κ3) is 2.69. The molecule has 1 atom stereocenters. The van der Waals surface area contributed by atoms with Crippen LogP contribution < -0.4 is 0 Å². The minimum absolute atomic E-state index is 0.0517. The SMILES string of the molecule is CC1CCCCCN1S(=O)(=O)CC#N. The van der Waals surface area contributed by atoms with Gasteiger partial charge in [0.05, 0.1) is 6.07 Å². The van der Waals surface area contributed by atoms with Gasteiger partial charge >= 0.3 is 0 Å². The van der Waals surface area contributed by atoms with Crippen LogP contribution in [-0.4, -0.2) is 31.1 Å². The summed E-state index contributed by atoms with van der Waals surface area (Å²) >= 11 is 0. The molecule has 0 spiro atoms. The van der Waals surface area contributed by atoms with E-state index < -0.39 is 15.8 Å². The summed E-state index contributed by atoms with van der Waals surface area (Å²) in [5.74, 6) is -0.392. The summed E-state index contributed by atoms with van der Waals surface area (Å²) in [7, 11) is -3.33. The average molecular weight is 216 g/mol. The molecule has 0 amide bonds. The Morgan fingerprint density at radius 2 is 2.14 bits per heavy atom. The first kappa shape index (κ1) is 11.5. The number of rotatable bonds is 2. The van der Waals surface area contributed by atoms with E-state index in [9.17, 15) is 8.42 Å². The molecule has 0 N–H and O–H groups in total.